The second-order valence-electron chi connectivity index (χ2n) is 4.91. The van der Waals surface area contributed by atoms with Crippen LogP contribution in [0.25, 0.3) is 10.2 Å². The maximum atomic E-state index is 5.73. The van der Waals surface area contributed by atoms with Gasteiger partial charge in [-0.25, -0.2) is 4.98 Å². The lowest BCUT2D eigenvalue weighted by Gasteiger charge is -2.03. The van der Waals surface area contributed by atoms with Crippen molar-refractivity contribution in [3.8, 4) is 0 Å². The van der Waals surface area contributed by atoms with E-state index in [1.54, 1.807) is 11.3 Å². The van der Waals surface area contributed by atoms with Gasteiger partial charge in [0.2, 0.25) is 0 Å². The molecule has 2 aromatic heterocycles. The number of rotatable bonds is 4. The molecule has 0 unspecified atom stereocenters. The third-order valence-corrected chi connectivity index (χ3v) is 5.31. The molecule has 0 aliphatic heterocycles. The first-order valence-corrected chi connectivity index (χ1v) is 8.16. The predicted molar refractivity (Wildman–Crippen MR) is 88.4 cm³/mol. The Kier molecular flexibility index (Phi) is 3.74. The van der Waals surface area contributed by atoms with Crippen LogP contribution in [0.2, 0.25) is 0 Å². The molecular formula is C15H17N3S2. The molecule has 0 amide bonds. The molecule has 0 bridgehead atoms. The molecule has 3 aromatic rings. The second kappa shape index (κ2) is 5.52. The highest BCUT2D eigenvalue weighted by atomic mass is 32.1. The average Bonchev–Trinajstić information content (AvgIpc) is 2.91. The van der Waals surface area contributed by atoms with E-state index in [9.17, 15) is 0 Å². The maximum Gasteiger partial charge on any atom is 0.181 e. The first kappa shape index (κ1) is 13.5. The Balaban J connectivity index is 1.64. The number of anilines is 1. The molecule has 1 aromatic carbocycles. The fourth-order valence-electron chi connectivity index (χ4n) is 2.16. The third kappa shape index (κ3) is 2.85. The van der Waals surface area contributed by atoms with Gasteiger partial charge in [0.15, 0.2) is 5.13 Å². The van der Waals surface area contributed by atoms with Crippen molar-refractivity contribution in [1.29, 1.82) is 0 Å². The molecule has 3 rings (SSSR count). The Labute approximate surface area is 126 Å². The van der Waals surface area contributed by atoms with Gasteiger partial charge < -0.3 is 11.1 Å². The number of thiazole rings is 1. The number of thiophene rings is 1. The fourth-order valence-corrected chi connectivity index (χ4v) is 3.98. The molecule has 104 valence electrons. The van der Waals surface area contributed by atoms with Crippen LogP contribution in [0.3, 0.4) is 0 Å². The van der Waals surface area contributed by atoms with Gasteiger partial charge in [0.25, 0.3) is 0 Å². The topological polar surface area (TPSA) is 50.9 Å². The minimum Gasteiger partial charge on any atom is -0.375 e. The molecule has 0 aliphatic rings. The van der Waals surface area contributed by atoms with Gasteiger partial charge in [0.05, 0.1) is 10.2 Å². The molecule has 0 aliphatic carbocycles. The lowest BCUT2D eigenvalue weighted by Crippen LogP contribution is -2.11. The Hall–Kier alpha value is -1.43. The first-order valence-electron chi connectivity index (χ1n) is 6.53. The molecule has 0 spiro atoms. The molecule has 3 nitrogen and oxygen atoms in total. The van der Waals surface area contributed by atoms with Crippen LogP contribution in [0.5, 0.6) is 0 Å². The van der Waals surface area contributed by atoms with E-state index in [0.717, 1.165) is 23.3 Å². The van der Waals surface area contributed by atoms with Crippen LogP contribution in [0, 0.1) is 13.8 Å². The number of nitrogen functional groups attached to an aromatic ring is 1. The molecule has 0 atom stereocenters. The maximum absolute atomic E-state index is 5.73. The fraction of sp³-hybridized carbons (Fsp3) is 0.267. The summed E-state index contributed by atoms with van der Waals surface area (Å²) in [5, 5.41) is 4.13. The van der Waals surface area contributed by atoms with E-state index >= 15 is 0 Å². The highest BCUT2D eigenvalue weighted by Gasteiger charge is 2.03. The van der Waals surface area contributed by atoms with Gasteiger partial charge in [-0.3, -0.25) is 0 Å². The number of aromatic nitrogens is 1. The zero-order valence-corrected chi connectivity index (χ0v) is 13.2. The van der Waals surface area contributed by atoms with E-state index in [2.05, 4.69) is 42.3 Å². The van der Waals surface area contributed by atoms with Crippen LogP contribution >= 0.6 is 22.7 Å². The van der Waals surface area contributed by atoms with Crippen LogP contribution < -0.4 is 11.1 Å². The summed E-state index contributed by atoms with van der Waals surface area (Å²) in [7, 11) is 0. The number of hydrogen-bond donors (Lipinski definition) is 2. The van der Waals surface area contributed by atoms with Crippen LogP contribution in [0.15, 0.2) is 24.3 Å². The van der Waals surface area contributed by atoms with Crippen molar-refractivity contribution >= 4 is 38.0 Å². The minimum atomic E-state index is 0.634. The zero-order valence-electron chi connectivity index (χ0n) is 11.6. The monoisotopic (exact) mass is 303 g/mol. The largest absolute Gasteiger partial charge is 0.375 e. The number of nitrogens with zero attached hydrogens (tertiary/aromatic N) is 1. The smallest absolute Gasteiger partial charge is 0.181 e. The van der Waals surface area contributed by atoms with E-state index in [4.69, 9.17) is 5.73 Å². The van der Waals surface area contributed by atoms with Crippen molar-refractivity contribution in [2.75, 3.05) is 5.73 Å². The molecule has 20 heavy (non-hydrogen) atoms. The average molecular weight is 303 g/mol. The van der Waals surface area contributed by atoms with Crippen molar-refractivity contribution in [2.45, 2.75) is 26.9 Å². The number of fused-ring (bicyclic) bond motifs is 1. The van der Waals surface area contributed by atoms with Crippen molar-refractivity contribution in [2.24, 2.45) is 0 Å². The molecule has 0 fully saturated rings. The summed E-state index contributed by atoms with van der Waals surface area (Å²) in [5.41, 5.74) is 9.37. The van der Waals surface area contributed by atoms with Crippen LogP contribution in [0.1, 0.15) is 20.9 Å². The summed E-state index contributed by atoms with van der Waals surface area (Å²) >= 11 is 3.41. The normalized spacial score (nSPS) is 11.3. The Morgan fingerprint density at radius 2 is 2.00 bits per heavy atom. The standard InChI is InChI=1S/C15H17N3S2/c1-9-5-12(19-10(9)2)8-17-7-11-3-4-13-14(6-11)20-15(16)18-13/h3-6,17H,7-8H2,1-2H3,(H2,16,18). The predicted octanol–water partition coefficient (Wildman–Crippen LogP) is 3.85. The Bertz CT molecular complexity index is 723. The second-order valence-corrected chi connectivity index (χ2v) is 7.31. The van der Waals surface area contributed by atoms with E-state index < -0.39 is 0 Å². The zero-order chi connectivity index (χ0) is 14.1. The molecule has 2 heterocycles. The summed E-state index contributed by atoms with van der Waals surface area (Å²) in [6.07, 6.45) is 0. The molecule has 3 N–H and O–H groups in total. The van der Waals surface area contributed by atoms with Crippen molar-refractivity contribution < 1.29 is 0 Å². The van der Waals surface area contributed by atoms with Gasteiger partial charge in [-0.15, -0.1) is 11.3 Å². The van der Waals surface area contributed by atoms with E-state index in [0.29, 0.717) is 5.13 Å². The van der Waals surface area contributed by atoms with Gasteiger partial charge in [0, 0.05) is 22.8 Å². The summed E-state index contributed by atoms with van der Waals surface area (Å²) in [4.78, 5) is 7.07. The molecule has 5 heteroatoms. The highest BCUT2D eigenvalue weighted by Crippen LogP contribution is 2.25. The molecule has 0 saturated heterocycles. The number of hydrogen-bond acceptors (Lipinski definition) is 5. The Morgan fingerprint density at radius 1 is 1.15 bits per heavy atom. The van der Waals surface area contributed by atoms with Crippen molar-refractivity contribution in [1.82, 2.24) is 10.3 Å². The highest BCUT2D eigenvalue weighted by molar-refractivity contribution is 7.22. The van der Waals surface area contributed by atoms with Gasteiger partial charge in [0.1, 0.15) is 0 Å². The van der Waals surface area contributed by atoms with Gasteiger partial charge >= 0.3 is 0 Å². The van der Waals surface area contributed by atoms with Gasteiger partial charge in [-0.05, 0) is 43.2 Å². The molecule has 0 saturated carbocycles. The van der Waals surface area contributed by atoms with Crippen molar-refractivity contribution in [3.63, 3.8) is 0 Å². The van der Waals surface area contributed by atoms with E-state index in [1.807, 2.05) is 17.4 Å². The lowest BCUT2D eigenvalue weighted by atomic mass is 10.2. The first-order chi connectivity index (χ1) is 9.61. The third-order valence-electron chi connectivity index (χ3n) is 3.31. The van der Waals surface area contributed by atoms with Gasteiger partial charge in [-0.1, -0.05) is 17.4 Å². The number of nitrogens with one attached hydrogen (secondary N) is 1. The number of nitrogens with two attached hydrogens (primary N) is 1. The minimum absolute atomic E-state index is 0.634. The quantitative estimate of drug-likeness (QED) is 0.770. The van der Waals surface area contributed by atoms with Crippen molar-refractivity contribution in [3.05, 3.63) is 45.1 Å². The summed E-state index contributed by atoms with van der Waals surface area (Å²) in [6, 6.07) is 8.58. The number of aryl methyl sites for hydroxylation is 2. The SMILES string of the molecule is Cc1cc(CNCc2ccc3nc(N)sc3c2)sc1C. The lowest BCUT2D eigenvalue weighted by molar-refractivity contribution is 0.701. The summed E-state index contributed by atoms with van der Waals surface area (Å²) < 4.78 is 1.16. The van der Waals surface area contributed by atoms with E-state index in [-0.39, 0.29) is 0 Å². The molecular weight excluding hydrogens is 286 g/mol. The van der Waals surface area contributed by atoms with E-state index in [1.165, 1.54) is 20.9 Å². The van der Waals surface area contributed by atoms with Crippen LogP contribution in [-0.4, -0.2) is 4.98 Å². The molecule has 0 radical (unpaired) electrons. The Morgan fingerprint density at radius 3 is 2.75 bits per heavy atom. The van der Waals surface area contributed by atoms with Crippen LogP contribution in [-0.2, 0) is 13.1 Å². The summed E-state index contributed by atoms with van der Waals surface area (Å²) in [5.74, 6) is 0. The van der Waals surface area contributed by atoms with Crippen LogP contribution in [0.4, 0.5) is 5.13 Å². The number of benzene rings is 1. The summed E-state index contributed by atoms with van der Waals surface area (Å²) in [6.45, 7) is 6.12. The van der Waals surface area contributed by atoms with Gasteiger partial charge in [-0.2, -0.15) is 0 Å².